The Balaban J connectivity index is 2.33. The Bertz CT molecular complexity index is 477. The molecule has 1 atom stereocenters. The van der Waals surface area contributed by atoms with E-state index in [0.29, 0.717) is 6.04 Å². The third kappa shape index (κ3) is 3.42. The van der Waals surface area contributed by atoms with Gasteiger partial charge in [0, 0.05) is 18.0 Å². The molecule has 2 heteroatoms. The van der Waals surface area contributed by atoms with Gasteiger partial charge in [-0.1, -0.05) is 33.3 Å². The first-order valence-electron chi connectivity index (χ1n) is 8.58. The normalized spacial score (nSPS) is 20.0. The van der Waals surface area contributed by atoms with Crippen LogP contribution in [0.2, 0.25) is 0 Å². The molecule has 0 aromatic heterocycles. The van der Waals surface area contributed by atoms with E-state index in [4.69, 9.17) is 4.74 Å². The minimum atomic E-state index is -0.00141. The predicted octanol–water partition coefficient (Wildman–Crippen LogP) is 5.08. The van der Waals surface area contributed by atoms with Crippen molar-refractivity contribution in [2.24, 2.45) is 0 Å². The minimum absolute atomic E-state index is 0.00141. The first kappa shape index (κ1) is 16.4. The number of rotatable bonds is 6. The van der Waals surface area contributed by atoms with Gasteiger partial charge in [0.1, 0.15) is 11.4 Å². The third-order valence-electron chi connectivity index (χ3n) is 5.11. The number of nitrogens with one attached hydrogen (secondary N) is 1. The molecule has 0 saturated carbocycles. The van der Waals surface area contributed by atoms with E-state index in [0.717, 1.165) is 31.6 Å². The highest BCUT2D eigenvalue weighted by Gasteiger charge is 2.38. The van der Waals surface area contributed by atoms with Gasteiger partial charge >= 0.3 is 0 Å². The van der Waals surface area contributed by atoms with E-state index in [1.54, 1.807) is 0 Å². The quantitative estimate of drug-likeness (QED) is 0.738. The largest absolute Gasteiger partial charge is 0.487 e. The maximum atomic E-state index is 6.45. The van der Waals surface area contributed by atoms with E-state index in [9.17, 15) is 0 Å². The fraction of sp³-hybridized carbons (Fsp3) is 0.684. The molecule has 1 aromatic rings. The highest BCUT2D eigenvalue weighted by atomic mass is 16.5. The van der Waals surface area contributed by atoms with Crippen LogP contribution in [0.15, 0.2) is 12.1 Å². The van der Waals surface area contributed by atoms with Crippen molar-refractivity contribution >= 4 is 0 Å². The van der Waals surface area contributed by atoms with Crippen molar-refractivity contribution in [3.8, 4) is 5.75 Å². The zero-order chi connectivity index (χ0) is 15.5. The van der Waals surface area contributed by atoms with E-state index in [1.807, 2.05) is 0 Å². The van der Waals surface area contributed by atoms with Gasteiger partial charge in [-0.25, -0.2) is 0 Å². The molecule has 1 unspecified atom stereocenters. The van der Waals surface area contributed by atoms with Crippen molar-refractivity contribution in [1.29, 1.82) is 0 Å². The average Bonchev–Trinajstić information content (AvgIpc) is 2.49. The van der Waals surface area contributed by atoms with E-state index in [2.05, 4.69) is 52.1 Å². The van der Waals surface area contributed by atoms with Gasteiger partial charge < -0.3 is 10.1 Å². The summed E-state index contributed by atoms with van der Waals surface area (Å²) in [5.41, 5.74) is 4.04. The highest BCUT2D eigenvalue weighted by Crippen LogP contribution is 2.43. The van der Waals surface area contributed by atoms with Crippen molar-refractivity contribution in [2.45, 2.75) is 78.4 Å². The lowest BCUT2D eigenvalue weighted by atomic mass is 9.82. The lowest BCUT2D eigenvalue weighted by Gasteiger charge is -2.42. The summed E-state index contributed by atoms with van der Waals surface area (Å²) >= 11 is 0. The maximum Gasteiger partial charge on any atom is 0.125 e. The predicted molar refractivity (Wildman–Crippen MR) is 90.1 cm³/mol. The van der Waals surface area contributed by atoms with Gasteiger partial charge in [-0.3, -0.25) is 0 Å². The molecule has 1 heterocycles. The molecular formula is C19H31NO. The van der Waals surface area contributed by atoms with Crippen LogP contribution < -0.4 is 10.1 Å². The van der Waals surface area contributed by atoms with E-state index < -0.39 is 0 Å². The van der Waals surface area contributed by atoms with Crippen molar-refractivity contribution < 1.29 is 4.74 Å². The fourth-order valence-corrected chi connectivity index (χ4v) is 3.25. The number of hydrogen-bond acceptors (Lipinski definition) is 2. The standard InChI is InChI=1S/C19H31NO/c1-6-9-10-20-17-13-19(7-2,8-3)21-18-12-15(5)14(4)11-16(17)18/h11-12,17,20H,6-10,13H2,1-5H3. The van der Waals surface area contributed by atoms with E-state index in [1.165, 1.54) is 29.5 Å². The molecule has 1 aliphatic rings. The molecule has 0 aliphatic carbocycles. The van der Waals surface area contributed by atoms with Crippen LogP contribution in [-0.4, -0.2) is 12.1 Å². The lowest BCUT2D eigenvalue weighted by Crippen LogP contribution is -2.43. The summed E-state index contributed by atoms with van der Waals surface area (Å²) in [6.45, 7) is 12.2. The van der Waals surface area contributed by atoms with Crippen LogP contribution in [-0.2, 0) is 0 Å². The van der Waals surface area contributed by atoms with Gasteiger partial charge in [-0.15, -0.1) is 0 Å². The number of ether oxygens (including phenoxy) is 1. The molecule has 0 spiro atoms. The molecule has 2 nitrogen and oxygen atoms in total. The van der Waals surface area contributed by atoms with Gasteiger partial charge in [0.05, 0.1) is 0 Å². The van der Waals surface area contributed by atoms with Gasteiger partial charge in [0.15, 0.2) is 0 Å². The first-order chi connectivity index (χ1) is 10.0. The molecular weight excluding hydrogens is 258 g/mol. The molecule has 0 amide bonds. The summed E-state index contributed by atoms with van der Waals surface area (Å²) in [7, 11) is 0. The van der Waals surface area contributed by atoms with Gasteiger partial charge in [0.25, 0.3) is 0 Å². The smallest absolute Gasteiger partial charge is 0.125 e. The molecule has 1 aromatic carbocycles. The Morgan fingerprint density at radius 1 is 1.14 bits per heavy atom. The Hall–Kier alpha value is -1.02. The summed E-state index contributed by atoms with van der Waals surface area (Å²) in [4.78, 5) is 0. The molecule has 1 aliphatic heterocycles. The molecule has 2 rings (SSSR count). The van der Waals surface area contributed by atoms with Crippen molar-refractivity contribution in [2.75, 3.05) is 6.54 Å². The van der Waals surface area contributed by atoms with Crippen LogP contribution in [0.5, 0.6) is 5.75 Å². The topological polar surface area (TPSA) is 21.3 Å². The summed E-state index contributed by atoms with van der Waals surface area (Å²) in [5, 5.41) is 3.77. The highest BCUT2D eigenvalue weighted by molar-refractivity contribution is 5.45. The van der Waals surface area contributed by atoms with Crippen molar-refractivity contribution in [1.82, 2.24) is 5.32 Å². The minimum Gasteiger partial charge on any atom is -0.487 e. The SMILES string of the molecule is CCCCNC1CC(CC)(CC)Oc2cc(C)c(C)cc21. The Kier molecular flexibility index (Phi) is 5.32. The molecule has 0 fully saturated rings. The van der Waals surface area contributed by atoms with Crippen LogP contribution in [0.3, 0.4) is 0 Å². The van der Waals surface area contributed by atoms with Crippen LogP contribution in [0.4, 0.5) is 0 Å². The molecule has 0 radical (unpaired) electrons. The van der Waals surface area contributed by atoms with E-state index in [-0.39, 0.29) is 5.60 Å². The monoisotopic (exact) mass is 289 g/mol. The van der Waals surface area contributed by atoms with Crippen LogP contribution in [0.1, 0.15) is 75.6 Å². The first-order valence-corrected chi connectivity index (χ1v) is 8.58. The second kappa shape index (κ2) is 6.83. The van der Waals surface area contributed by atoms with Crippen LogP contribution in [0, 0.1) is 13.8 Å². The molecule has 21 heavy (non-hydrogen) atoms. The van der Waals surface area contributed by atoms with Crippen LogP contribution in [0.25, 0.3) is 0 Å². The summed E-state index contributed by atoms with van der Waals surface area (Å²) in [6.07, 6.45) is 5.70. The Labute approximate surface area is 130 Å². The average molecular weight is 289 g/mol. The second-order valence-electron chi connectivity index (χ2n) is 6.53. The number of benzene rings is 1. The third-order valence-corrected chi connectivity index (χ3v) is 5.11. The van der Waals surface area contributed by atoms with Crippen LogP contribution >= 0.6 is 0 Å². The molecule has 1 N–H and O–H groups in total. The zero-order valence-corrected chi connectivity index (χ0v) is 14.4. The van der Waals surface area contributed by atoms with Crippen molar-refractivity contribution in [3.05, 3.63) is 28.8 Å². The second-order valence-corrected chi connectivity index (χ2v) is 6.53. The van der Waals surface area contributed by atoms with Gasteiger partial charge in [-0.05, 0) is 56.8 Å². The summed E-state index contributed by atoms with van der Waals surface area (Å²) < 4.78 is 6.45. The molecule has 0 bridgehead atoms. The Morgan fingerprint density at radius 2 is 1.81 bits per heavy atom. The number of fused-ring (bicyclic) bond motifs is 1. The van der Waals surface area contributed by atoms with Gasteiger partial charge in [0.2, 0.25) is 0 Å². The number of unbranched alkanes of at least 4 members (excludes halogenated alkanes) is 1. The van der Waals surface area contributed by atoms with E-state index >= 15 is 0 Å². The summed E-state index contributed by atoms with van der Waals surface area (Å²) in [5.74, 6) is 1.10. The molecule has 118 valence electrons. The van der Waals surface area contributed by atoms with Crippen molar-refractivity contribution in [3.63, 3.8) is 0 Å². The van der Waals surface area contributed by atoms with Gasteiger partial charge in [-0.2, -0.15) is 0 Å². The Morgan fingerprint density at radius 3 is 2.43 bits per heavy atom. The number of hydrogen-bond donors (Lipinski definition) is 1. The lowest BCUT2D eigenvalue weighted by molar-refractivity contribution is 0.0227. The number of aryl methyl sites for hydroxylation is 2. The summed E-state index contributed by atoms with van der Waals surface area (Å²) in [6, 6.07) is 4.99. The molecule has 0 saturated heterocycles. The zero-order valence-electron chi connectivity index (χ0n) is 14.4. The fourth-order valence-electron chi connectivity index (χ4n) is 3.25. The maximum absolute atomic E-state index is 6.45.